The number of hydrogen-bond acceptors (Lipinski definition) is 6. The van der Waals surface area contributed by atoms with Crippen molar-refractivity contribution in [1.29, 1.82) is 0 Å². The smallest absolute Gasteiger partial charge is 0.387 e. The van der Waals surface area contributed by atoms with Gasteiger partial charge in [-0.15, -0.1) is 10.2 Å². The summed E-state index contributed by atoms with van der Waals surface area (Å²) in [5, 5.41) is 11.7. The molecule has 0 atom stereocenters. The Morgan fingerprint density at radius 2 is 1.92 bits per heavy atom. The van der Waals surface area contributed by atoms with E-state index in [-0.39, 0.29) is 23.7 Å². The van der Waals surface area contributed by atoms with Gasteiger partial charge >= 0.3 is 6.61 Å². The van der Waals surface area contributed by atoms with Gasteiger partial charge in [-0.25, -0.2) is 4.68 Å². The van der Waals surface area contributed by atoms with Crippen LogP contribution in [0.2, 0.25) is 0 Å². The summed E-state index contributed by atoms with van der Waals surface area (Å²) in [7, 11) is 0. The molecule has 0 saturated heterocycles. The molecule has 0 spiro atoms. The Kier molecular flexibility index (Phi) is 4.32. The van der Waals surface area contributed by atoms with Crippen LogP contribution < -0.4 is 10.3 Å². The Balaban J connectivity index is 1.86. The van der Waals surface area contributed by atoms with Crippen molar-refractivity contribution in [2.45, 2.75) is 20.1 Å². The zero-order chi connectivity index (χ0) is 17.1. The second-order valence-electron chi connectivity index (χ2n) is 4.83. The van der Waals surface area contributed by atoms with Gasteiger partial charge in [-0.1, -0.05) is 0 Å². The van der Waals surface area contributed by atoms with Gasteiger partial charge in [0, 0.05) is 18.6 Å². The molecule has 0 aliphatic heterocycles. The van der Waals surface area contributed by atoms with Crippen LogP contribution in [0.5, 0.6) is 5.75 Å². The van der Waals surface area contributed by atoms with Crippen molar-refractivity contribution in [3.63, 3.8) is 0 Å². The summed E-state index contributed by atoms with van der Waals surface area (Å²) in [5.74, 6) is 0.701. The molecule has 0 bridgehead atoms. The maximum atomic E-state index is 12.2. The number of benzene rings is 1. The molecule has 0 N–H and O–H groups in total. The first-order valence-corrected chi connectivity index (χ1v) is 6.93. The number of aromatic nitrogens is 4. The highest BCUT2D eigenvalue weighted by Crippen LogP contribution is 2.21. The predicted molar refractivity (Wildman–Crippen MR) is 78.7 cm³/mol. The van der Waals surface area contributed by atoms with Crippen LogP contribution in [0.1, 0.15) is 11.8 Å². The molecule has 0 aliphatic rings. The number of nitrogens with zero attached hydrogens (tertiary/aromatic N) is 4. The summed E-state index contributed by atoms with van der Waals surface area (Å²) >= 11 is 0. The van der Waals surface area contributed by atoms with E-state index in [1.54, 1.807) is 25.1 Å². The fraction of sp³-hybridized carbons (Fsp3) is 0.200. The normalized spacial score (nSPS) is 11.0. The third-order valence-electron chi connectivity index (χ3n) is 3.09. The number of alkyl halides is 2. The average Bonchev–Trinajstić information content (AvgIpc) is 2.95. The molecular weight excluding hydrogens is 322 g/mol. The minimum Gasteiger partial charge on any atom is -0.435 e. The summed E-state index contributed by atoms with van der Waals surface area (Å²) in [5.41, 5.74) is 0.814. The van der Waals surface area contributed by atoms with E-state index in [1.165, 1.54) is 22.9 Å². The number of halogens is 2. The van der Waals surface area contributed by atoms with Crippen molar-refractivity contribution in [2.75, 3.05) is 0 Å². The minimum absolute atomic E-state index is 0.0418. The molecular formula is C15H12F2N4O3. The summed E-state index contributed by atoms with van der Waals surface area (Å²) in [6.45, 7) is -1.19. The lowest BCUT2D eigenvalue weighted by atomic mass is 10.1. The third kappa shape index (κ3) is 3.62. The highest BCUT2D eigenvalue weighted by molar-refractivity contribution is 5.59. The molecule has 3 rings (SSSR count). The third-order valence-corrected chi connectivity index (χ3v) is 3.09. The highest BCUT2D eigenvalue weighted by atomic mass is 19.3. The number of hydrogen-bond donors (Lipinski definition) is 0. The van der Waals surface area contributed by atoms with Gasteiger partial charge in [0.15, 0.2) is 0 Å². The SMILES string of the molecule is Cc1nnc(Cn2nc(-c3ccc(OC(F)F)cc3)ccc2=O)o1. The lowest BCUT2D eigenvalue weighted by molar-refractivity contribution is -0.0498. The Morgan fingerprint density at radius 3 is 2.54 bits per heavy atom. The lowest BCUT2D eigenvalue weighted by Crippen LogP contribution is -2.23. The standard InChI is InChI=1S/C15H12F2N4O3/c1-9-18-19-13(23-9)8-21-14(22)7-6-12(20-21)10-2-4-11(5-3-10)24-15(16)17/h2-7,15H,8H2,1H3. The van der Waals surface area contributed by atoms with Gasteiger partial charge in [0.2, 0.25) is 11.8 Å². The summed E-state index contributed by atoms with van der Waals surface area (Å²) in [6.07, 6.45) is 0. The van der Waals surface area contributed by atoms with E-state index in [2.05, 4.69) is 20.0 Å². The fourth-order valence-electron chi connectivity index (χ4n) is 2.05. The predicted octanol–water partition coefficient (Wildman–Crippen LogP) is 2.25. The molecule has 0 unspecified atom stereocenters. The van der Waals surface area contributed by atoms with Crippen molar-refractivity contribution in [1.82, 2.24) is 20.0 Å². The zero-order valence-corrected chi connectivity index (χ0v) is 12.5. The largest absolute Gasteiger partial charge is 0.435 e. The van der Waals surface area contributed by atoms with Crippen LogP contribution in [0.15, 0.2) is 45.6 Å². The van der Waals surface area contributed by atoms with Gasteiger partial charge in [-0.3, -0.25) is 4.79 Å². The second kappa shape index (κ2) is 6.57. The van der Waals surface area contributed by atoms with Gasteiger partial charge in [-0.2, -0.15) is 13.9 Å². The lowest BCUT2D eigenvalue weighted by Gasteiger charge is -2.07. The first-order chi connectivity index (χ1) is 11.5. The molecule has 0 radical (unpaired) electrons. The molecule has 0 saturated carbocycles. The first-order valence-electron chi connectivity index (χ1n) is 6.93. The highest BCUT2D eigenvalue weighted by Gasteiger charge is 2.09. The molecule has 0 fully saturated rings. The number of ether oxygens (including phenoxy) is 1. The quantitative estimate of drug-likeness (QED) is 0.712. The Morgan fingerprint density at radius 1 is 1.17 bits per heavy atom. The van der Waals surface area contributed by atoms with Crippen LogP contribution in [0, 0.1) is 6.92 Å². The average molecular weight is 334 g/mol. The van der Waals surface area contributed by atoms with Crippen molar-refractivity contribution >= 4 is 0 Å². The maximum Gasteiger partial charge on any atom is 0.387 e. The molecule has 0 aliphatic carbocycles. The van der Waals surface area contributed by atoms with E-state index >= 15 is 0 Å². The molecule has 1 aromatic carbocycles. The van der Waals surface area contributed by atoms with Crippen molar-refractivity contribution in [3.05, 3.63) is 58.5 Å². The Hall–Kier alpha value is -3.10. The van der Waals surface area contributed by atoms with E-state index in [4.69, 9.17) is 4.42 Å². The fourth-order valence-corrected chi connectivity index (χ4v) is 2.05. The van der Waals surface area contributed by atoms with E-state index in [1.807, 2.05) is 0 Å². The molecule has 7 nitrogen and oxygen atoms in total. The molecule has 9 heteroatoms. The van der Waals surface area contributed by atoms with E-state index in [0.717, 1.165) is 0 Å². The van der Waals surface area contributed by atoms with Crippen LogP contribution in [0.3, 0.4) is 0 Å². The summed E-state index contributed by atoms with van der Waals surface area (Å²) < 4.78 is 35.0. The Labute approximate surface area is 134 Å². The van der Waals surface area contributed by atoms with Crippen molar-refractivity contribution in [3.8, 4) is 17.0 Å². The summed E-state index contributed by atoms with van der Waals surface area (Å²) in [6, 6.07) is 8.85. The topological polar surface area (TPSA) is 83.0 Å². The van der Waals surface area contributed by atoms with E-state index in [9.17, 15) is 13.6 Å². The number of rotatable bonds is 5. The number of aryl methyl sites for hydroxylation is 1. The van der Waals surface area contributed by atoms with Crippen LogP contribution in [0.25, 0.3) is 11.3 Å². The van der Waals surface area contributed by atoms with E-state index in [0.29, 0.717) is 17.1 Å². The van der Waals surface area contributed by atoms with Crippen molar-refractivity contribution in [2.24, 2.45) is 0 Å². The molecule has 0 amide bonds. The zero-order valence-electron chi connectivity index (χ0n) is 12.5. The van der Waals surface area contributed by atoms with Crippen molar-refractivity contribution < 1.29 is 17.9 Å². The molecule has 3 aromatic rings. The van der Waals surface area contributed by atoms with Gasteiger partial charge in [0.05, 0.1) is 5.69 Å². The van der Waals surface area contributed by atoms with E-state index < -0.39 is 6.61 Å². The summed E-state index contributed by atoms with van der Waals surface area (Å²) in [4.78, 5) is 11.9. The molecule has 24 heavy (non-hydrogen) atoms. The van der Waals surface area contributed by atoms with Crippen LogP contribution in [0.4, 0.5) is 8.78 Å². The van der Waals surface area contributed by atoms with Crippen LogP contribution >= 0.6 is 0 Å². The minimum atomic E-state index is -2.88. The molecule has 2 aromatic heterocycles. The molecule has 124 valence electrons. The van der Waals surface area contributed by atoms with Crippen LogP contribution in [-0.4, -0.2) is 26.6 Å². The van der Waals surface area contributed by atoms with Gasteiger partial charge in [-0.05, 0) is 30.3 Å². The maximum absolute atomic E-state index is 12.2. The second-order valence-corrected chi connectivity index (χ2v) is 4.83. The first kappa shape index (κ1) is 15.8. The van der Waals surface area contributed by atoms with Gasteiger partial charge < -0.3 is 9.15 Å². The van der Waals surface area contributed by atoms with Crippen LogP contribution in [-0.2, 0) is 6.54 Å². The Bertz CT molecular complexity index is 890. The van der Waals surface area contributed by atoms with Gasteiger partial charge in [0.1, 0.15) is 12.3 Å². The molecule has 2 heterocycles. The van der Waals surface area contributed by atoms with Gasteiger partial charge in [0.25, 0.3) is 5.56 Å². The monoisotopic (exact) mass is 334 g/mol.